The van der Waals surface area contributed by atoms with Crippen LogP contribution in [0.5, 0.6) is 0 Å². The molecule has 2 N–H and O–H groups in total. The predicted molar refractivity (Wildman–Crippen MR) is 77.7 cm³/mol. The molecule has 8 nitrogen and oxygen atoms in total. The zero-order valence-corrected chi connectivity index (χ0v) is 11.8. The fraction of sp³-hybridized carbons (Fsp3) is 0.0833. The van der Waals surface area contributed by atoms with Crippen molar-refractivity contribution in [1.29, 1.82) is 0 Å². The van der Waals surface area contributed by atoms with E-state index in [1.165, 1.54) is 43.7 Å². The lowest BCUT2D eigenvalue weighted by Gasteiger charge is -2.10. The molecule has 0 aliphatic rings. The van der Waals surface area contributed by atoms with E-state index in [9.17, 15) is 18.5 Å². The lowest BCUT2D eigenvalue weighted by Crippen LogP contribution is -2.15. The molecule has 9 heteroatoms. The molecular formula is C12H12N4O4S. The number of hydrogen-bond donors (Lipinski definition) is 2. The van der Waals surface area contributed by atoms with Gasteiger partial charge in [0.1, 0.15) is 5.69 Å². The van der Waals surface area contributed by atoms with Crippen molar-refractivity contribution in [2.45, 2.75) is 4.90 Å². The maximum atomic E-state index is 12.3. The van der Waals surface area contributed by atoms with Crippen LogP contribution in [0.1, 0.15) is 0 Å². The number of nitro groups is 1. The molecule has 0 bridgehead atoms. The summed E-state index contributed by atoms with van der Waals surface area (Å²) in [4.78, 5) is 13.8. The fourth-order valence-corrected chi connectivity index (χ4v) is 3.00. The summed E-state index contributed by atoms with van der Waals surface area (Å²) in [5.41, 5.74) is -0.160. The minimum Gasteiger partial charge on any atom is -0.383 e. The summed E-state index contributed by atoms with van der Waals surface area (Å²) in [5, 5.41) is 13.8. The Hall–Kier alpha value is -2.68. The predicted octanol–water partition coefficient (Wildman–Crippen LogP) is 1.83. The lowest BCUT2D eigenvalue weighted by molar-refractivity contribution is -0.386. The summed E-state index contributed by atoms with van der Waals surface area (Å²) in [6, 6.07) is 7.09. The summed E-state index contributed by atoms with van der Waals surface area (Å²) in [6.07, 6.45) is 2.80. The molecule has 110 valence electrons. The first-order valence-electron chi connectivity index (χ1n) is 5.83. The molecule has 1 aromatic heterocycles. The Labute approximate surface area is 121 Å². The minimum absolute atomic E-state index is 0.120. The molecule has 0 amide bonds. The van der Waals surface area contributed by atoms with Crippen LogP contribution in [0.2, 0.25) is 0 Å². The summed E-state index contributed by atoms with van der Waals surface area (Å²) < 4.78 is 26.9. The number of nitro benzene ring substituents is 1. The van der Waals surface area contributed by atoms with Crippen molar-refractivity contribution in [3.8, 4) is 0 Å². The molecule has 0 aliphatic heterocycles. The molecule has 2 rings (SSSR count). The van der Waals surface area contributed by atoms with Crippen LogP contribution in [-0.2, 0) is 10.0 Å². The molecule has 0 atom stereocenters. The Bertz CT molecular complexity index is 762. The van der Waals surface area contributed by atoms with Gasteiger partial charge in [-0.05, 0) is 24.3 Å². The van der Waals surface area contributed by atoms with Crippen LogP contribution >= 0.6 is 0 Å². The summed E-state index contributed by atoms with van der Waals surface area (Å²) in [5.74, 6) is 0. The molecule has 0 fully saturated rings. The Morgan fingerprint density at radius 2 is 2.00 bits per heavy atom. The maximum absolute atomic E-state index is 12.3. The molecule has 0 saturated heterocycles. The average Bonchev–Trinajstić information content (AvgIpc) is 2.46. The number of sulfonamides is 1. The smallest absolute Gasteiger partial charge is 0.312 e. The summed E-state index contributed by atoms with van der Waals surface area (Å²) >= 11 is 0. The summed E-state index contributed by atoms with van der Waals surface area (Å²) in [7, 11) is -2.61. The first kappa shape index (κ1) is 14.7. The topological polar surface area (TPSA) is 114 Å². The number of para-hydroxylation sites is 1. The van der Waals surface area contributed by atoms with Crippen molar-refractivity contribution >= 4 is 27.1 Å². The maximum Gasteiger partial charge on any atom is 0.312 e. The number of rotatable bonds is 5. The van der Waals surface area contributed by atoms with Gasteiger partial charge in [0.15, 0.2) is 4.90 Å². The number of nitrogens with zero attached hydrogens (tertiary/aromatic N) is 2. The number of hydrogen-bond acceptors (Lipinski definition) is 6. The quantitative estimate of drug-likeness (QED) is 0.643. The van der Waals surface area contributed by atoms with E-state index in [0.29, 0.717) is 0 Å². The van der Waals surface area contributed by atoms with Crippen molar-refractivity contribution in [2.75, 3.05) is 17.1 Å². The summed E-state index contributed by atoms with van der Waals surface area (Å²) in [6.45, 7) is 0. The Balaban J connectivity index is 2.52. The van der Waals surface area contributed by atoms with Gasteiger partial charge < -0.3 is 5.32 Å². The van der Waals surface area contributed by atoms with E-state index in [0.717, 1.165) is 0 Å². The normalized spacial score (nSPS) is 10.9. The second-order valence-electron chi connectivity index (χ2n) is 4.01. The lowest BCUT2D eigenvalue weighted by atomic mass is 10.3. The van der Waals surface area contributed by atoms with E-state index in [2.05, 4.69) is 15.0 Å². The second kappa shape index (κ2) is 5.75. The molecule has 0 unspecified atom stereocenters. The Kier molecular flexibility index (Phi) is 4.03. The zero-order valence-electron chi connectivity index (χ0n) is 11.0. The number of anilines is 2. The van der Waals surface area contributed by atoms with Gasteiger partial charge in [0.25, 0.3) is 10.0 Å². The zero-order chi connectivity index (χ0) is 15.5. The minimum atomic E-state index is -4.09. The fourth-order valence-electron chi connectivity index (χ4n) is 1.76. The van der Waals surface area contributed by atoms with E-state index in [1.807, 2.05) is 0 Å². The molecule has 1 aromatic carbocycles. The van der Waals surface area contributed by atoms with Crippen molar-refractivity contribution in [3.05, 3.63) is 52.8 Å². The van der Waals surface area contributed by atoms with Crippen LogP contribution in [0.25, 0.3) is 0 Å². The van der Waals surface area contributed by atoms with E-state index in [-0.39, 0.29) is 11.4 Å². The van der Waals surface area contributed by atoms with Gasteiger partial charge in [-0.3, -0.25) is 19.8 Å². The van der Waals surface area contributed by atoms with Crippen LogP contribution in [0.15, 0.2) is 47.6 Å². The standard InChI is InChI=1S/C12H12N4O4S/c1-13-10-5-2-6-11(12(10)16(17)18)21(19,20)15-9-4-3-7-14-8-9/h2-8,13,15H,1H3. The Morgan fingerprint density at radius 3 is 2.57 bits per heavy atom. The number of aromatic nitrogens is 1. The van der Waals surface area contributed by atoms with Gasteiger partial charge >= 0.3 is 5.69 Å². The largest absolute Gasteiger partial charge is 0.383 e. The van der Waals surface area contributed by atoms with Crippen LogP contribution in [0, 0.1) is 10.1 Å². The van der Waals surface area contributed by atoms with Crippen molar-refractivity contribution in [3.63, 3.8) is 0 Å². The van der Waals surface area contributed by atoms with Crippen LogP contribution < -0.4 is 10.0 Å². The molecular weight excluding hydrogens is 296 g/mol. The number of nitrogens with one attached hydrogen (secondary N) is 2. The average molecular weight is 308 g/mol. The highest BCUT2D eigenvalue weighted by molar-refractivity contribution is 7.92. The number of benzene rings is 1. The number of pyridine rings is 1. The molecule has 21 heavy (non-hydrogen) atoms. The van der Waals surface area contributed by atoms with E-state index in [4.69, 9.17) is 0 Å². The molecule has 1 heterocycles. The van der Waals surface area contributed by atoms with Crippen molar-refractivity contribution in [2.24, 2.45) is 0 Å². The van der Waals surface area contributed by atoms with E-state index in [1.54, 1.807) is 6.07 Å². The first-order valence-corrected chi connectivity index (χ1v) is 7.32. The highest BCUT2D eigenvalue weighted by atomic mass is 32.2. The monoisotopic (exact) mass is 308 g/mol. The second-order valence-corrected chi connectivity index (χ2v) is 5.66. The van der Waals surface area contributed by atoms with Gasteiger partial charge in [0.05, 0.1) is 16.8 Å². The van der Waals surface area contributed by atoms with Gasteiger partial charge in [-0.15, -0.1) is 0 Å². The molecule has 0 aliphatic carbocycles. The molecule has 0 spiro atoms. The van der Waals surface area contributed by atoms with Gasteiger partial charge in [-0.25, -0.2) is 8.42 Å². The van der Waals surface area contributed by atoms with Crippen LogP contribution in [0.3, 0.4) is 0 Å². The molecule has 0 radical (unpaired) electrons. The third kappa shape index (κ3) is 3.08. The van der Waals surface area contributed by atoms with Gasteiger partial charge in [-0.1, -0.05) is 6.07 Å². The first-order chi connectivity index (χ1) is 9.95. The Morgan fingerprint density at radius 1 is 1.24 bits per heavy atom. The van der Waals surface area contributed by atoms with Crippen molar-refractivity contribution in [1.82, 2.24) is 4.98 Å². The van der Waals surface area contributed by atoms with Crippen molar-refractivity contribution < 1.29 is 13.3 Å². The van der Waals surface area contributed by atoms with E-state index < -0.39 is 25.5 Å². The van der Waals surface area contributed by atoms with Gasteiger partial charge in [0.2, 0.25) is 0 Å². The van der Waals surface area contributed by atoms with Gasteiger partial charge in [-0.2, -0.15) is 0 Å². The highest BCUT2D eigenvalue weighted by Gasteiger charge is 2.28. The van der Waals surface area contributed by atoms with Crippen LogP contribution in [-0.4, -0.2) is 25.4 Å². The van der Waals surface area contributed by atoms with E-state index >= 15 is 0 Å². The third-order valence-electron chi connectivity index (χ3n) is 2.65. The molecule has 0 saturated carbocycles. The highest BCUT2D eigenvalue weighted by Crippen LogP contribution is 2.32. The SMILES string of the molecule is CNc1cccc(S(=O)(=O)Nc2cccnc2)c1[N+](=O)[O-]. The van der Waals surface area contributed by atoms with Gasteiger partial charge in [0, 0.05) is 13.2 Å². The third-order valence-corrected chi connectivity index (χ3v) is 4.07. The molecule has 2 aromatic rings. The van der Waals surface area contributed by atoms with Crippen LogP contribution in [0.4, 0.5) is 17.1 Å².